The lowest BCUT2D eigenvalue weighted by atomic mass is 9.70. The van der Waals surface area contributed by atoms with Gasteiger partial charge in [0.15, 0.2) is 0 Å². The molecule has 1 amide bonds. The number of hydrogen-bond donors (Lipinski definition) is 2. The summed E-state index contributed by atoms with van der Waals surface area (Å²) < 4.78 is 0. The lowest BCUT2D eigenvalue weighted by Gasteiger charge is -2.37. The Kier molecular flexibility index (Phi) is 6.09. The zero-order valence-corrected chi connectivity index (χ0v) is 14.2. The number of carbonyl (C=O) groups excluding carboxylic acids is 1. The molecule has 1 saturated carbocycles. The zero-order chi connectivity index (χ0) is 15.3. The van der Waals surface area contributed by atoms with Crippen LogP contribution in [0.3, 0.4) is 0 Å². The van der Waals surface area contributed by atoms with Crippen molar-refractivity contribution in [3.8, 4) is 0 Å². The maximum atomic E-state index is 11.9. The molecule has 2 aliphatic rings. The molecular formula is C18H34N2O. The van der Waals surface area contributed by atoms with Gasteiger partial charge in [0.25, 0.3) is 0 Å². The van der Waals surface area contributed by atoms with Crippen molar-refractivity contribution in [2.45, 2.75) is 65.7 Å². The molecule has 0 spiro atoms. The summed E-state index contributed by atoms with van der Waals surface area (Å²) in [5.41, 5.74) is 0.448. The van der Waals surface area contributed by atoms with Crippen LogP contribution in [0.25, 0.3) is 0 Å². The lowest BCUT2D eigenvalue weighted by molar-refractivity contribution is -0.121. The van der Waals surface area contributed by atoms with Gasteiger partial charge in [0.2, 0.25) is 5.91 Å². The van der Waals surface area contributed by atoms with Crippen molar-refractivity contribution < 1.29 is 4.79 Å². The van der Waals surface area contributed by atoms with Gasteiger partial charge in [0.1, 0.15) is 0 Å². The first-order valence-corrected chi connectivity index (χ1v) is 8.92. The SMILES string of the molecule is CC(C)(C)C1CCC(CNC(=O)CCC2CCNC2)CC1. The first kappa shape index (κ1) is 16.8. The summed E-state index contributed by atoms with van der Waals surface area (Å²) in [6.45, 7) is 10.2. The molecule has 122 valence electrons. The van der Waals surface area contributed by atoms with Crippen molar-refractivity contribution in [2.75, 3.05) is 19.6 Å². The summed E-state index contributed by atoms with van der Waals surface area (Å²) in [7, 11) is 0. The quantitative estimate of drug-likeness (QED) is 0.816. The monoisotopic (exact) mass is 294 g/mol. The molecule has 3 heteroatoms. The minimum atomic E-state index is 0.264. The van der Waals surface area contributed by atoms with Gasteiger partial charge in [-0.15, -0.1) is 0 Å². The fourth-order valence-corrected chi connectivity index (χ4v) is 3.88. The standard InChI is InChI=1S/C18H34N2O/c1-18(2,3)16-7-4-14(5-8-16)13-20-17(21)9-6-15-10-11-19-12-15/h14-16,19H,4-13H2,1-3H3,(H,20,21). The second-order valence-electron chi connectivity index (χ2n) is 8.29. The van der Waals surface area contributed by atoms with Gasteiger partial charge < -0.3 is 10.6 Å². The number of hydrogen-bond acceptors (Lipinski definition) is 2. The summed E-state index contributed by atoms with van der Waals surface area (Å²) in [6, 6.07) is 0. The third kappa shape index (κ3) is 5.61. The highest BCUT2D eigenvalue weighted by Crippen LogP contribution is 2.39. The highest BCUT2D eigenvalue weighted by atomic mass is 16.1. The van der Waals surface area contributed by atoms with Crippen molar-refractivity contribution in [3.63, 3.8) is 0 Å². The first-order valence-electron chi connectivity index (χ1n) is 8.92. The fraction of sp³-hybridized carbons (Fsp3) is 0.944. The largest absolute Gasteiger partial charge is 0.356 e. The summed E-state index contributed by atoms with van der Waals surface area (Å²) in [5, 5.41) is 6.53. The molecule has 1 unspecified atom stereocenters. The van der Waals surface area contributed by atoms with E-state index < -0.39 is 0 Å². The maximum absolute atomic E-state index is 11.9. The van der Waals surface area contributed by atoms with Crippen LogP contribution in [0.15, 0.2) is 0 Å². The number of carbonyl (C=O) groups is 1. The van der Waals surface area contributed by atoms with Crippen molar-refractivity contribution in [2.24, 2.45) is 23.2 Å². The van der Waals surface area contributed by atoms with Gasteiger partial charge in [-0.05, 0) is 74.8 Å². The van der Waals surface area contributed by atoms with Crippen LogP contribution in [-0.2, 0) is 4.79 Å². The van der Waals surface area contributed by atoms with E-state index >= 15 is 0 Å². The number of rotatable bonds is 5. The summed E-state index contributed by atoms with van der Waals surface area (Å²) in [5.74, 6) is 2.55. The van der Waals surface area contributed by atoms with Crippen LogP contribution in [0.2, 0.25) is 0 Å². The molecular weight excluding hydrogens is 260 g/mol. The van der Waals surface area contributed by atoms with E-state index in [1.54, 1.807) is 0 Å². The summed E-state index contributed by atoms with van der Waals surface area (Å²) in [6.07, 6.45) is 8.24. The van der Waals surface area contributed by atoms with Crippen molar-refractivity contribution in [3.05, 3.63) is 0 Å². The molecule has 0 radical (unpaired) electrons. The second kappa shape index (κ2) is 7.62. The smallest absolute Gasteiger partial charge is 0.220 e. The van der Waals surface area contributed by atoms with Crippen LogP contribution in [0.4, 0.5) is 0 Å². The molecule has 0 aromatic carbocycles. The van der Waals surface area contributed by atoms with Crippen molar-refractivity contribution in [1.29, 1.82) is 0 Å². The van der Waals surface area contributed by atoms with E-state index in [2.05, 4.69) is 31.4 Å². The molecule has 2 rings (SSSR count). The average molecular weight is 294 g/mol. The van der Waals surface area contributed by atoms with E-state index in [9.17, 15) is 4.79 Å². The topological polar surface area (TPSA) is 41.1 Å². The Bertz CT molecular complexity index is 321. The molecule has 3 nitrogen and oxygen atoms in total. The first-order chi connectivity index (χ1) is 9.95. The van der Waals surface area contributed by atoms with Crippen molar-refractivity contribution >= 4 is 5.91 Å². The van der Waals surface area contributed by atoms with Gasteiger partial charge in [-0.25, -0.2) is 0 Å². The average Bonchev–Trinajstić information content (AvgIpc) is 2.95. The molecule has 2 N–H and O–H groups in total. The zero-order valence-electron chi connectivity index (χ0n) is 14.2. The van der Waals surface area contributed by atoms with Crippen LogP contribution in [0.1, 0.15) is 65.7 Å². The minimum Gasteiger partial charge on any atom is -0.356 e. The van der Waals surface area contributed by atoms with E-state index in [1.165, 1.54) is 32.1 Å². The predicted octanol–water partition coefficient (Wildman–Crippen LogP) is 3.34. The van der Waals surface area contributed by atoms with Gasteiger partial charge in [-0.1, -0.05) is 20.8 Å². The summed E-state index contributed by atoms with van der Waals surface area (Å²) in [4.78, 5) is 11.9. The molecule has 0 bridgehead atoms. The van der Waals surface area contributed by atoms with Gasteiger partial charge in [0, 0.05) is 13.0 Å². The molecule has 1 aliphatic heterocycles. The van der Waals surface area contributed by atoms with Gasteiger partial charge >= 0.3 is 0 Å². The fourth-order valence-electron chi connectivity index (χ4n) is 3.88. The maximum Gasteiger partial charge on any atom is 0.220 e. The molecule has 1 aliphatic carbocycles. The third-order valence-corrected chi connectivity index (χ3v) is 5.60. The third-order valence-electron chi connectivity index (χ3n) is 5.60. The van der Waals surface area contributed by atoms with Crippen LogP contribution in [0, 0.1) is 23.2 Å². The van der Waals surface area contributed by atoms with E-state index in [1.807, 2.05) is 0 Å². The number of amides is 1. The highest BCUT2D eigenvalue weighted by Gasteiger charge is 2.29. The van der Waals surface area contributed by atoms with Crippen LogP contribution < -0.4 is 10.6 Å². The van der Waals surface area contributed by atoms with E-state index in [-0.39, 0.29) is 5.91 Å². The molecule has 1 heterocycles. The molecule has 0 aromatic rings. The van der Waals surface area contributed by atoms with E-state index in [0.29, 0.717) is 17.8 Å². The Morgan fingerprint density at radius 3 is 2.38 bits per heavy atom. The van der Waals surface area contributed by atoms with E-state index in [4.69, 9.17) is 0 Å². The Labute approximate surface area is 130 Å². The molecule has 1 atom stereocenters. The Hall–Kier alpha value is -0.570. The van der Waals surface area contributed by atoms with Gasteiger partial charge in [-0.2, -0.15) is 0 Å². The Morgan fingerprint density at radius 1 is 1.10 bits per heavy atom. The lowest BCUT2D eigenvalue weighted by Crippen LogP contribution is -2.33. The predicted molar refractivity (Wildman–Crippen MR) is 88.1 cm³/mol. The minimum absolute atomic E-state index is 0.264. The van der Waals surface area contributed by atoms with Crippen LogP contribution in [-0.4, -0.2) is 25.5 Å². The van der Waals surface area contributed by atoms with Crippen molar-refractivity contribution in [1.82, 2.24) is 10.6 Å². The van der Waals surface area contributed by atoms with Crippen LogP contribution >= 0.6 is 0 Å². The van der Waals surface area contributed by atoms with Gasteiger partial charge in [0.05, 0.1) is 0 Å². The Morgan fingerprint density at radius 2 is 1.81 bits per heavy atom. The number of nitrogens with one attached hydrogen (secondary N) is 2. The highest BCUT2D eigenvalue weighted by molar-refractivity contribution is 5.75. The normalized spacial score (nSPS) is 30.3. The van der Waals surface area contributed by atoms with Gasteiger partial charge in [-0.3, -0.25) is 4.79 Å². The van der Waals surface area contributed by atoms with E-state index in [0.717, 1.165) is 37.9 Å². The summed E-state index contributed by atoms with van der Waals surface area (Å²) >= 11 is 0. The molecule has 1 saturated heterocycles. The second-order valence-corrected chi connectivity index (χ2v) is 8.29. The molecule has 0 aromatic heterocycles. The molecule has 2 fully saturated rings. The molecule has 21 heavy (non-hydrogen) atoms. The Balaban J connectivity index is 1.57. The van der Waals surface area contributed by atoms with Crippen LogP contribution in [0.5, 0.6) is 0 Å².